The summed E-state index contributed by atoms with van der Waals surface area (Å²) in [5, 5.41) is 6.27. The number of hydrogen-bond acceptors (Lipinski definition) is 4. The zero-order chi connectivity index (χ0) is 11.5. The molecule has 16 heavy (non-hydrogen) atoms. The molecule has 6 heteroatoms. The van der Waals surface area contributed by atoms with Gasteiger partial charge in [0.05, 0.1) is 9.92 Å². The van der Waals surface area contributed by atoms with Gasteiger partial charge in [-0.1, -0.05) is 0 Å². The van der Waals surface area contributed by atoms with Crippen LogP contribution in [0.1, 0.15) is 24.0 Å². The van der Waals surface area contributed by atoms with Crippen molar-refractivity contribution < 1.29 is 4.79 Å². The van der Waals surface area contributed by atoms with Gasteiger partial charge in [-0.25, -0.2) is 10.2 Å². The topological polar surface area (TPSA) is 67.5 Å². The fraction of sp³-hybridized carbons (Fsp3) is 0.400. The highest BCUT2D eigenvalue weighted by Gasteiger charge is 2.21. The van der Waals surface area contributed by atoms with E-state index in [1.54, 1.807) is 23.1 Å². The molecule has 0 radical (unpaired) electrons. The van der Waals surface area contributed by atoms with E-state index in [1.807, 2.05) is 0 Å². The third-order valence-electron chi connectivity index (χ3n) is 2.47. The number of hydrogen-bond donors (Lipinski definition) is 2. The first-order chi connectivity index (χ1) is 7.72. The summed E-state index contributed by atoms with van der Waals surface area (Å²) in [4.78, 5) is 10.6. The van der Waals surface area contributed by atoms with Crippen LogP contribution in [0.4, 0.5) is 4.79 Å². The molecule has 0 fully saturated rings. The number of urea groups is 1. The number of nitrogens with zero attached hydrogens (tertiary/aromatic N) is 1. The lowest BCUT2D eigenvalue weighted by atomic mass is 9.94. The molecule has 0 spiro atoms. The van der Waals surface area contributed by atoms with Crippen molar-refractivity contribution in [2.24, 2.45) is 10.8 Å². The number of thioether (sulfide) groups is 1. The molecule has 1 heterocycles. The third kappa shape index (κ3) is 2.22. The molecule has 0 bridgehead atoms. The van der Waals surface area contributed by atoms with Crippen molar-refractivity contribution in [3.8, 4) is 0 Å². The van der Waals surface area contributed by atoms with Gasteiger partial charge in [0.2, 0.25) is 0 Å². The fourth-order valence-corrected chi connectivity index (χ4v) is 3.65. The number of amides is 2. The van der Waals surface area contributed by atoms with Crippen LogP contribution in [0.3, 0.4) is 0 Å². The van der Waals surface area contributed by atoms with Crippen LogP contribution in [0.15, 0.2) is 14.7 Å². The third-order valence-corrected chi connectivity index (χ3v) is 4.65. The Balaban J connectivity index is 2.34. The zero-order valence-electron chi connectivity index (χ0n) is 8.95. The lowest BCUT2D eigenvalue weighted by Crippen LogP contribution is -2.26. The number of fused-ring (bicyclic) bond motifs is 1. The lowest BCUT2D eigenvalue weighted by Gasteiger charge is -2.15. The maximum Gasteiger partial charge on any atom is 0.332 e. The smallest absolute Gasteiger partial charge is 0.332 e. The number of rotatable bonds is 2. The average molecular weight is 255 g/mol. The van der Waals surface area contributed by atoms with Crippen molar-refractivity contribution in [2.75, 3.05) is 6.26 Å². The molecule has 2 amide bonds. The number of thiophene rings is 1. The van der Waals surface area contributed by atoms with Gasteiger partial charge in [0, 0.05) is 5.56 Å². The van der Waals surface area contributed by atoms with Gasteiger partial charge in [-0.3, -0.25) is 0 Å². The zero-order valence-corrected chi connectivity index (χ0v) is 10.6. The van der Waals surface area contributed by atoms with E-state index in [0.29, 0.717) is 0 Å². The molecule has 3 N–H and O–H groups in total. The van der Waals surface area contributed by atoms with Crippen LogP contribution in [-0.2, 0) is 6.42 Å². The Morgan fingerprint density at radius 3 is 3.12 bits per heavy atom. The van der Waals surface area contributed by atoms with Crippen molar-refractivity contribution in [3.05, 3.63) is 16.5 Å². The maximum atomic E-state index is 10.6. The molecule has 0 saturated carbocycles. The quantitative estimate of drug-likeness (QED) is 0.628. The second-order valence-electron chi connectivity index (χ2n) is 3.52. The number of carbonyl (C=O) groups is 1. The Bertz CT molecular complexity index is 426. The Morgan fingerprint density at radius 1 is 1.62 bits per heavy atom. The Morgan fingerprint density at radius 2 is 2.44 bits per heavy atom. The highest BCUT2D eigenvalue weighted by molar-refractivity contribution is 8.00. The average Bonchev–Trinajstić information content (AvgIpc) is 2.69. The molecule has 1 aromatic rings. The van der Waals surface area contributed by atoms with Gasteiger partial charge in [-0.05, 0) is 36.5 Å². The van der Waals surface area contributed by atoms with E-state index in [9.17, 15) is 4.79 Å². The number of nitrogens with one attached hydrogen (secondary N) is 1. The van der Waals surface area contributed by atoms with E-state index >= 15 is 0 Å². The van der Waals surface area contributed by atoms with Crippen LogP contribution >= 0.6 is 23.1 Å². The largest absolute Gasteiger partial charge is 0.350 e. The molecule has 1 aliphatic carbocycles. The van der Waals surface area contributed by atoms with E-state index < -0.39 is 6.03 Å². The highest BCUT2D eigenvalue weighted by atomic mass is 32.2. The van der Waals surface area contributed by atoms with Gasteiger partial charge in [0.25, 0.3) is 0 Å². The van der Waals surface area contributed by atoms with Crippen LogP contribution in [-0.4, -0.2) is 18.0 Å². The van der Waals surface area contributed by atoms with Crippen LogP contribution in [0, 0.1) is 0 Å². The van der Waals surface area contributed by atoms with Crippen molar-refractivity contribution in [1.82, 2.24) is 5.43 Å². The Labute approximate surface area is 102 Å². The maximum absolute atomic E-state index is 10.6. The fourth-order valence-electron chi connectivity index (χ4n) is 1.82. The van der Waals surface area contributed by atoms with Crippen LogP contribution in [0.5, 0.6) is 0 Å². The molecule has 0 saturated heterocycles. The minimum Gasteiger partial charge on any atom is -0.350 e. The molecule has 0 aliphatic heterocycles. The minimum atomic E-state index is -0.611. The van der Waals surface area contributed by atoms with Gasteiger partial charge in [0.15, 0.2) is 0 Å². The first-order valence-corrected chi connectivity index (χ1v) is 7.09. The van der Waals surface area contributed by atoms with Crippen LogP contribution in [0.25, 0.3) is 0 Å². The van der Waals surface area contributed by atoms with E-state index in [-0.39, 0.29) is 0 Å². The second kappa shape index (κ2) is 4.88. The van der Waals surface area contributed by atoms with Crippen molar-refractivity contribution >= 4 is 34.8 Å². The lowest BCUT2D eigenvalue weighted by molar-refractivity contribution is 0.249. The molecule has 2 rings (SSSR count). The van der Waals surface area contributed by atoms with E-state index in [2.05, 4.69) is 22.2 Å². The number of nitrogens with two attached hydrogens (primary N) is 1. The molecule has 1 aromatic heterocycles. The molecular formula is C10H13N3OS2. The number of hydrazone groups is 1. The summed E-state index contributed by atoms with van der Waals surface area (Å²) in [5.41, 5.74) is 10.8. The predicted molar refractivity (Wildman–Crippen MR) is 68.3 cm³/mol. The molecular weight excluding hydrogens is 242 g/mol. The van der Waals surface area contributed by atoms with Crippen molar-refractivity contribution in [3.63, 3.8) is 0 Å². The normalized spacial score (nSPS) is 17.2. The Hall–Kier alpha value is -1.01. The van der Waals surface area contributed by atoms with E-state index in [0.717, 1.165) is 25.0 Å². The van der Waals surface area contributed by atoms with E-state index in [1.165, 1.54) is 15.3 Å². The van der Waals surface area contributed by atoms with Gasteiger partial charge in [-0.2, -0.15) is 5.10 Å². The van der Waals surface area contributed by atoms with Crippen molar-refractivity contribution in [2.45, 2.75) is 23.5 Å². The molecule has 0 atom stereocenters. The summed E-state index contributed by atoms with van der Waals surface area (Å²) in [6.07, 6.45) is 5.14. The minimum absolute atomic E-state index is 0.611. The summed E-state index contributed by atoms with van der Waals surface area (Å²) in [5.74, 6) is 0. The van der Waals surface area contributed by atoms with Crippen LogP contribution in [0.2, 0.25) is 0 Å². The predicted octanol–water partition coefficient (Wildman–Crippen LogP) is 2.18. The van der Waals surface area contributed by atoms with Gasteiger partial charge in [-0.15, -0.1) is 23.1 Å². The first kappa shape index (κ1) is 11.5. The van der Waals surface area contributed by atoms with E-state index in [4.69, 9.17) is 5.73 Å². The number of carbonyl (C=O) groups excluding carboxylic acids is 1. The summed E-state index contributed by atoms with van der Waals surface area (Å²) < 4.78 is 1.26. The summed E-state index contributed by atoms with van der Waals surface area (Å²) in [7, 11) is 0. The molecule has 1 aliphatic rings. The van der Waals surface area contributed by atoms with Gasteiger partial charge in [0.1, 0.15) is 0 Å². The monoisotopic (exact) mass is 255 g/mol. The SMILES string of the molecule is CSc1scc2c1C(=NNC(N)=O)CCC2. The number of primary amides is 1. The standard InChI is InChI=1S/C10H13N3OS2/c1-15-9-8-6(5-16-9)3-2-4-7(8)12-13-10(11)14/h5H,2-4H2,1H3,(H3,11,13,14). The molecule has 86 valence electrons. The van der Waals surface area contributed by atoms with Crippen LogP contribution < -0.4 is 11.2 Å². The Kier molecular flexibility index (Phi) is 3.50. The summed E-state index contributed by atoms with van der Waals surface area (Å²) in [6.45, 7) is 0. The molecule has 0 unspecified atom stereocenters. The molecule has 0 aromatic carbocycles. The summed E-state index contributed by atoms with van der Waals surface area (Å²) in [6, 6.07) is -0.611. The number of aryl methyl sites for hydroxylation is 1. The summed E-state index contributed by atoms with van der Waals surface area (Å²) >= 11 is 3.46. The molecule has 4 nitrogen and oxygen atoms in total. The highest BCUT2D eigenvalue weighted by Crippen LogP contribution is 2.35. The van der Waals surface area contributed by atoms with Gasteiger partial charge < -0.3 is 5.73 Å². The first-order valence-electron chi connectivity index (χ1n) is 4.99. The van der Waals surface area contributed by atoms with Crippen molar-refractivity contribution in [1.29, 1.82) is 0 Å². The second-order valence-corrected chi connectivity index (χ2v) is 5.47. The van der Waals surface area contributed by atoms with Gasteiger partial charge >= 0.3 is 6.03 Å².